The highest BCUT2D eigenvalue weighted by atomic mass is 32.2. The number of carbonyl (C=O) groups excluding carboxylic acids is 1. The lowest BCUT2D eigenvalue weighted by atomic mass is 10.0. The van der Waals surface area contributed by atoms with Crippen molar-refractivity contribution in [2.45, 2.75) is 56.6 Å². The summed E-state index contributed by atoms with van der Waals surface area (Å²) in [7, 11) is 0. The van der Waals surface area contributed by atoms with Gasteiger partial charge in [-0.3, -0.25) is 14.7 Å². The first-order valence-electron chi connectivity index (χ1n) is 13.1. The van der Waals surface area contributed by atoms with E-state index in [4.69, 9.17) is 0 Å². The van der Waals surface area contributed by atoms with Crippen LogP contribution in [0.4, 0.5) is 0 Å². The van der Waals surface area contributed by atoms with Crippen LogP contribution in [0.25, 0.3) is 0 Å². The van der Waals surface area contributed by atoms with Gasteiger partial charge in [-0.15, -0.1) is 11.8 Å². The molecule has 0 saturated carbocycles. The highest BCUT2D eigenvalue weighted by molar-refractivity contribution is 7.98. The van der Waals surface area contributed by atoms with Crippen molar-refractivity contribution >= 4 is 23.3 Å². The molecule has 37 heavy (non-hydrogen) atoms. The molecule has 4 rings (SSSR count). The summed E-state index contributed by atoms with van der Waals surface area (Å²) in [5.74, 6) is 1.17. The fraction of sp³-hybridized carbons (Fsp3) is 0.367. The summed E-state index contributed by atoms with van der Waals surface area (Å²) < 4.78 is 0. The minimum absolute atomic E-state index is 0.229. The molecule has 0 fully saturated rings. The van der Waals surface area contributed by atoms with Crippen LogP contribution in [-0.2, 0) is 19.6 Å². The monoisotopic (exact) mass is 515 g/mol. The molecule has 1 aromatic heterocycles. The lowest BCUT2D eigenvalue weighted by Crippen LogP contribution is -2.29. The van der Waals surface area contributed by atoms with Gasteiger partial charge in [-0.2, -0.15) is 0 Å². The van der Waals surface area contributed by atoms with Crippen LogP contribution in [0.15, 0.2) is 83.1 Å². The van der Waals surface area contributed by atoms with Gasteiger partial charge < -0.3 is 10.3 Å². The number of benzene rings is 2. The SMILES string of the molecule is CSc1ccc(CNCCCCCC(=O)c2ccc(CN(CC3=NC=CC3)Cc3ncc[nH]3)cc2)cc1. The molecule has 0 spiro atoms. The van der Waals surface area contributed by atoms with Crippen LogP contribution in [0, 0.1) is 0 Å². The van der Waals surface area contributed by atoms with Gasteiger partial charge in [-0.05, 0) is 48.9 Å². The molecule has 0 saturated heterocycles. The lowest BCUT2D eigenvalue weighted by molar-refractivity contribution is 0.0979. The fourth-order valence-electron chi connectivity index (χ4n) is 4.41. The number of aromatic amines is 1. The Bertz CT molecular complexity index is 1150. The van der Waals surface area contributed by atoms with Gasteiger partial charge in [0.05, 0.1) is 6.54 Å². The predicted molar refractivity (Wildman–Crippen MR) is 153 cm³/mol. The van der Waals surface area contributed by atoms with Gasteiger partial charge in [-0.25, -0.2) is 4.98 Å². The number of nitrogens with zero attached hydrogens (tertiary/aromatic N) is 3. The molecule has 3 aromatic rings. The van der Waals surface area contributed by atoms with Crippen molar-refractivity contribution in [1.29, 1.82) is 0 Å². The minimum Gasteiger partial charge on any atom is -0.348 e. The number of hydrogen-bond acceptors (Lipinski definition) is 6. The molecule has 2 N–H and O–H groups in total. The average Bonchev–Trinajstić information content (AvgIpc) is 3.63. The highest BCUT2D eigenvalue weighted by Gasteiger charge is 2.13. The van der Waals surface area contributed by atoms with E-state index in [0.29, 0.717) is 6.42 Å². The number of rotatable bonds is 16. The smallest absolute Gasteiger partial charge is 0.162 e. The van der Waals surface area contributed by atoms with Crippen molar-refractivity contribution < 1.29 is 4.79 Å². The number of ketones is 1. The molecule has 0 radical (unpaired) electrons. The highest BCUT2D eigenvalue weighted by Crippen LogP contribution is 2.16. The molecule has 1 aliphatic heterocycles. The number of H-pyrrole nitrogens is 1. The second-order valence-corrected chi connectivity index (χ2v) is 10.3. The Morgan fingerprint density at radius 2 is 1.81 bits per heavy atom. The zero-order valence-corrected chi connectivity index (χ0v) is 22.5. The molecule has 7 heteroatoms. The van der Waals surface area contributed by atoms with Gasteiger partial charge >= 0.3 is 0 Å². The van der Waals surface area contributed by atoms with E-state index in [0.717, 1.165) is 69.8 Å². The Hall–Kier alpha value is -3.00. The standard InChI is InChI=1S/C30H37N5OS/c1-37-28-14-10-24(11-15-28)20-31-16-4-2-3-7-29(36)26-12-8-25(9-13-26)21-35(22-27-6-5-17-32-27)23-30-33-18-19-34-30/h5,8-15,17-19,31H,2-4,6-7,16,20-23H2,1H3,(H,33,34). The van der Waals surface area contributed by atoms with Crippen molar-refractivity contribution in [2.24, 2.45) is 4.99 Å². The largest absolute Gasteiger partial charge is 0.348 e. The zero-order valence-electron chi connectivity index (χ0n) is 21.7. The van der Waals surface area contributed by atoms with E-state index in [1.165, 1.54) is 21.7 Å². The van der Waals surface area contributed by atoms with E-state index in [1.807, 2.05) is 24.5 Å². The fourth-order valence-corrected chi connectivity index (χ4v) is 4.82. The maximum atomic E-state index is 12.7. The van der Waals surface area contributed by atoms with Crippen LogP contribution < -0.4 is 5.32 Å². The van der Waals surface area contributed by atoms with E-state index in [9.17, 15) is 4.79 Å². The van der Waals surface area contributed by atoms with Crippen LogP contribution in [0.2, 0.25) is 0 Å². The summed E-state index contributed by atoms with van der Waals surface area (Å²) in [6, 6.07) is 16.8. The molecular weight excluding hydrogens is 478 g/mol. The van der Waals surface area contributed by atoms with Gasteiger partial charge in [0.1, 0.15) is 5.82 Å². The summed E-state index contributed by atoms with van der Waals surface area (Å²) in [6.07, 6.45) is 14.3. The summed E-state index contributed by atoms with van der Waals surface area (Å²) >= 11 is 1.76. The average molecular weight is 516 g/mol. The third-order valence-corrected chi connectivity index (χ3v) is 7.22. The predicted octanol–water partition coefficient (Wildman–Crippen LogP) is 6.03. The Morgan fingerprint density at radius 1 is 1.00 bits per heavy atom. The lowest BCUT2D eigenvalue weighted by Gasteiger charge is -2.21. The third-order valence-electron chi connectivity index (χ3n) is 6.48. The molecule has 2 aromatic carbocycles. The number of aliphatic imine (C=N–C) groups is 1. The van der Waals surface area contributed by atoms with E-state index >= 15 is 0 Å². The van der Waals surface area contributed by atoms with Crippen molar-refractivity contribution in [3.05, 3.63) is 95.7 Å². The maximum absolute atomic E-state index is 12.7. The minimum atomic E-state index is 0.229. The first kappa shape index (κ1) is 27.0. The number of Topliss-reactive ketones (excluding diaryl/α,β-unsaturated/α-hetero) is 1. The van der Waals surface area contributed by atoms with Gasteiger partial charge in [0.2, 0.25) is 0 Å². The number of nitrogens with one attached hydrogen (secondary N) is 2. The quantitative estimate of drug-likeness (QED) is 0.139. The number of hydrogen-bond donors (Lipinski definition) is 2. The Morgan fingerprint density at radius 3 is 2.51 bits per heavy atom. The number of unbranched alkanes of at least 4 members (excludes halogenated alkanes) is 2. The molecule has 0 unspecified atom stereocenters. The molecule has 0 atom stereocenters. The first-order valence-corrected chi connectivity index (χ1v) is 14.3. The van der Waals surface area contributed by atoms with Gasteiger partial charge in [0, 0.05) is 67.2 Å². The molecule has 194 valence electrons. The molecule has 0 bridgehead atoms. The first-order chi connectivity index (χ1) is 18.2. The van der Waals surface area contributed by atoms with Crippen molar-refractivity contribution in [3.8, 4) is 0 Å². The van der Waals surface area contributed by atoms with Crippen LogP contribution in [0.5, 0.6) is 0 Å². The third kappa shape index (κ3) is 9.11. The van der Waals surface area contributed by atoms with Gasteiger partial charge in [0.15, 0.2) is 5.78 Å². The van der Waals surface area contributed by atoms with Crippen LogP contribution in [0.3, 0.4) is 0 Å². The van der Waals surface area contributed by atoms with E-state index in [1.54, 1.807) is 18.0 Å². The van der Waals surface area contributed by atoms with E-state index in [2.05, 4.69) is 73.9 Å². The second-order valence-electron chi connectivity index (χ2n) is 9.42. The number of allylic oxidation sites excluding steroid dienone is 1. The molecule has 1 aliphatic rings. The Kier molecular flexibility index (Phi) is 10.7. The normalized spacial score (nSPS) is 12.9. The topological polar surface area (TPSA) is 73.4 Å². The summed E-state index contributed by atoms with van der Waals surface area (Å²) in [4.78, 5) is 28.3. The second kappa shape index (κ2) is 14.7. The van der Waals surface area contributed by atoms with Gasteiger partial charge in [0.25, 0.3) is 0 Å². The number of carbonyl (C=O) groups is 1. The van der Waals surface area contributed by atoms with Crippen LogP contribution >= 0.6 is 11.8 Å². The summed E-state index contributed by atoms with van der Waals surface area (Å²) in [6.45, 7) is 4.18. The number of aromatic nitrogens is 2. The molecule has 0 amide bonds. The number of imidazole rings is 1. The van der Waals surface area contributed by atoms with Gasteiger partial charge in [-0.1, -0.05) is 48.9 Å². The van der Waals surface area contributed by atoms with E-state index < -0.39 is 0 Å². The van der Waals surface area contributed by atoms with Crippen LogP contribution in [0.1, 0.15) is 59.4 Å². The molecule has 0 aliphatic carbocycles. The van der Waals surface area contributed by atoms with Crippen molar-refractivity contribution in [3.63, 3.8) is 0 Å². The summed E-state index contributed by atoms with van der Waals surface area (Å²) in [5.41, 5.74) is 4.46. The molecule has 2 heterocycles. The maximum Gasteiger partial charge on any atom is 0.162 e. The summed E-state index contributed by atoms with van der Waals surface area (Å²) in [5, 5.41) is 3.50. The van der Waals surface area contributed by atoms with Crippen LogP contribution in [-0.4, -0.2) is 45.7 Å². The Labute approximate surface area is 224 Å². The van der Waals surface area contributed by atoms with E-state index in [-0.39, 0.29) is 5.78 Å². The van der Waals surface area contributed by atoms with Crippen molar-refractivity contribution in [1.82, 2.24) is 20.2 Å². The zero-order chi connectivity index (χ0) is 25.7. The Balaban J connectivity index is 1.15. The number of thioether (sulfide) groups is 1. The molecule has 6 nitrogen and oxygen atoms in total. The van der Waals surface area contributed by atoms with Crippen molar-refractivity contribution in [2.75, 3.05) is 19.3 Å². The molecular formula is C30H37N5OS.